The van der Waals surface area contributed by atoms with Gasteiger partial charge in [-0.3, -0.25) is 0 Å². The molecule has 0 aromatic carbocycles. The van der Waals surface area contributed by atoms with Crippen LogP contribution in [0.15, 0.2) is 0 Å². The molecule has 0 aliphatic heterocycles. The van der Waals surface area contributed by atoms with Gasteiger partial charge in [0, 0.05) is 4.32 Å². The lowest BCUT2D eigenvalue weighted by atomic mass is 9.65. The number of hydrogen-bond acceptors (Lipinski definition) is 0. The second-order valence-corrected chi connectivity index (χ2v) is 8.18. The fraction of sp³-hybridized carbons (Fsp3) is 1.00. The smallest absolute Gasteiger partial charge is 0.0207 e. The molecule has 0 bridgehead atoms. The molecule has 0 radical (unpaired) electrons. The predicted molar refractivity (Wildman–Crippen MR) is 60.9 cm³/mol. The van der Waals surface area contributed by atoms with Crippen LogP contribution in [0.4, 0.5) is 0 Å². The third-order valence-electron chi connectivity index (χ3n) is 2.89. The summed E-state index contributed by atoms with van der Waals surface area (Å²) in [6, 6.07) is 0. The van der Waals surface area contributed by atoms with E-state index in [1.54, 1.807) is 0 Å². The minimum atomic E-state index is 0.254. The lowest BCUT2D eigenvalue weighted by Gasteiger charge is -2.42. The molecule has 0 rings (SSSR count). The second kappa shape index (κ2) is 3.32. The molecule has 12 heavy (non-hydrogen) atoms. The van der Waals surface area contributed by atoms with Gasteiger partial charge < -0.3 is 0 Å². The molecule has 0 atom stereocenters. The highest BCUT2D eigenvalue weighted by Crippen LogP contribution is 2.45. The van der Waals surface area contributed by atoms with Crippen LogP contribution in [0.5, 0.6) is 0 Å². The van der Waals surface area contributed by atoms with E-state index >= 15 is 0 Å². The van der Waals surface area contributed by atoms with Crippen LogP contribution in [0.25, 0.3) is 0 Å². The summed E-state index contributed by atoms with van der Waals surface area (Å²) < 4.78 is 0.254. The van der Waals surface area contributed by atoms with Crippen LogP contribution in [0.3, 0.4) is 0 Å². The van der Waals surface area contributed by atoms with Crippen molar-refractivity contribution in [3.05, 3.63) is 0 Å². The molecule has 0 saturated carbocycles. The predicted octanol–water partition coefficient (Wildman–Crippen LogP) is 4.62. The molecule has 74 valence electrons. The highest BCUT2D eigenvalue weighted by Gasteiger charge is 2.36. The van der Waals surface area contributed by atoms with E-state index in [-0.39, 0.29) is 4.32 Å². The van der Waals surface area contributed by atoms with Crippen LogP contribution in [-0.4, -0.2) is 4.32 Å². The Balaban J connectivity index is 4.44. The van der Waals surface area contributed by atoms with Gasteiger partial charge in [-0.1, -0.05) is 64.4 Å². The first kappa shape index (κ1) is 12.5. The molecule has 0 heterocycles. The molecular weight excluding hydrogens is 212 g/mol. The minimum Gasteiger partial charge on any atom is -0.0859 e. The van der Waals surface area contributed by atoms with E-state index in [4.69, 9.17) is 0 Å². The van der Waals surface area contributed by atoms with Gasteiger partial charge in [0.1, 0.15) is 0 Å². The number of hydrogen-bond donors (Lipinski definition) is 0. The van der Waals surface area contributed by atoms with E-state index in [9.17, 15) is 0 Å². The molecule has 0 fully saturated rings. The van der Waals surface area contributed by atoms with E-state index in [2.05, 4.69) is 64.4 Å². The van der Waals surface area contributed by atoms with E-state index in [1.807, 2.05) is 0 Å². The molecular formula is C11H23Br. The van der Waals surface area contributed by atoms with Crippen molar-refractivity contribution in [1.29, 1.82) is 0 Å². The number of halogens is 1. The summed E-state index contributed by atoms with van der Waals surface area (Å²) in [7, 11) is 0. The molecule has 0 saturated heterocycles. The third-order valence-corrected chi connectivity index (χ3v) is 3.17. The average Bonchev–Trinajstić information content (AvgIpc) is 1.52. The molecule has 0 nitrogen and oxygen atoms in total. The largest absolute Gasteiger partial charge is 0.0859 e. The van der Waals surface area contributed by atoms with Gasteiger partial charge in [-0.25, -0.2) is 0 Å². The van der Waals surface area contributed by atoms with Gasteiger partial charge in [0.2, 0.25) is 0 Å². The number of alkyl halides is 1. The first-order valence-electron chi connectivity index (χ1n) is 4.65. The SMILES string of the molecule is CC(C)(Br)CC(C)(C)C(C)(C)C. The van der Waals surface area contributed by atoms with E-state index in [1.165, 1.54) is 6.42 Å². The fourth-order valence-corrected chi connectivity index (χ4v) is 2.02. The number of rotatable bonds is 2. The Hall–Kier alpha value is 0.480. The summed E-state index contributed by atoms with van der Waals surface area (Å²) in [5.41, 5.74) is 0.748. The average molecular weight is 235 g/mol. The van der Waals surface area contributed by atoms with Crippen molar-refractivity contribution in [2.24, 2.45) is 10.8 Å². The molecule has 0 aliphatic carbocycles. The zero-order chi connectivity index (χ0) is 10.2. The first-order chi connectivity index (χ1) is 4.96. The lowest BCUT2D eigenvalue weighted by molar-refractivity contribution is 0.110. The molecule has 0 aliphatic rings. The maximum absolute atomic E-state index is 3.71. The van der Waals surface area contributed by atoms with Crippen LogP contribution in [0.2, 0.25) is 0 Å². The summed E-state index contributed by atoms with van der Waals surface area (Å²) >= 11 is 3.71. The van der Waals surface area contributed by atoms with Crippen LogP contribution in [-0.2, 0) is 0 Å². The highest BCUT2D eigenvalue weighted by atomic mass is 79.9. The molecule has 0 amide bonds. The van der Waals surface area contributed by atoms with Gasteiger partial charge in [-0.2, -0.15) is 0 Å². The van der Waals surface area contributed by atoms with Gasteiger partial charge in [0.15, 0.2) is 0 Å². The minimum absolute atomic E-state index is 0.254. The summed E-state index contributed by atoms with van der Waals surface area (Å²) in [4.78, 5) is 0. The molecule has 0 spiro atoms. The van der Waals surface area contributed by atoms with E-state index < -0.39 is 0 Å². The topological polar surface area (TPSA) is 0 Å². The van der Waals surface area contributed by atoms with Crippen molar-refractivity contribution in [2.45, 2.75) is 59.2 Å². The highest BCUT2D eigenvalue weighted by molar-refractivity contribution is 9.10. The van der Waals surface area contributed by atoms with E-state index in [0.29, 0.717) is 10.8 Å². The van der Waals surface area contributed by atoms with Crippen molar-refractivity contribution < 1.29 is 0 Å². The summed E-state index contributed by atoms with van der Waals surface area (Å²) in [6.07, 6.45) is 1.20. The van der Waals surface area contributed by atoms with Gasteiger partial charge in [-0.15, -0.1) is 0 Å². The van der Waals surface area contributed by atoms with Gasteiger partial charge >= 0.3 is 0 Å². The zero-order valence-electron chi connectivity index (χ0n) is 9.59. The van der Waals surface area contributed by atoms with E-state index in [0.717, 1.165) is 0 Å². The summed E-state index contributed by atoms with van der Waals surface area (Å²) in [5.74, 6) is 0. The van der Waals surface area contributed by atoms with Gasteiger partial charge in [0.25, 0.3) is 0 Å². The Morgan fingerprint density at radius 1 is 0.833 bits per heavy atom. The van der Waals surface area contributed by atoms with Crippen LogP contribution in [0, 0.1) is 10.8 Å². The quantitative estimate of drug-likeness (QED) is 0.612. The third kappa shape index (κ3) is 3.93. The second-order valence-electron chi connectivity index (χ2n) is 6.03. The standard InChI is InChI=1S/C11H23Br/c1-9(2,3)10(4,5)8-11(6,7)12/h8H2,1-7H3. The van der Waals surface area contributed by atoms with Crippen molar-refractivity contribution >= 4 is 15.9 Å². The molecule has 0 aromatic rings. The Labute approximate surface area is 86.3 Å². The normalized spacial score (nSPS) is 15.0. The van der Waals surface area contributed by atoms with Gasteiger partial charge in [-0.05, 0) is 17.3 Å². The van der Waals surface area contributed by atoms with Crippen LogP contribution >= 0.6 is 15.9 Å². The lowest BCUT2D eigenvalue weighted by Crippen LogP contribution is -2.34. The monoisotopic (exact) mass is 234 g/mol. The Kier molecular flexibility index (Phi) is 3.46. The van der Waals surface area contributed by atoms with Crippen molar-refractivity contribution in [3.8, 4) is 0 Å². The maximum Gasteiger partial charge on any atom is 0.0207 e. The molecule has 0 unspecified atom stereocenters. The van der Waals surface area contributed by atoms with Crippen molar-refractivity contribution in [1.82, 2.24) is 0 Å². The van der Waals surface area contributed by atoms with Crippen LogP contribution < -0.4 is 0 Å². The Bertz CT molecular complexity index is 143. The van der Waals surface area contributed by atoms with Crippen LogP contribution in [0.1, 0.15) is 54.9 Å². The van der Waals surface area contributed by atoms with Crippen molar-refractivity contribution in [2.75, 3.05) is 0 Å². The molecule has 0 N–H and O–H groups in total. The van der Waals surface area contributed by atoms with Crippen molar-refractivity contribution in [3.63, 3.8) is 0 Å². The maximum atomic E-state index is 3.71. The molecule has 0 aromatic heterocycles. The zero-order valence-corrected chi connectivity index (χ0v) is 11.2. The Morgan fingerprint density at radius 3 is 1.25 bits per heavy atom. The Morgan fingerprint density at radius 2 is 1.17 bits per heavy atom. The summed E-state index contributed by atoms with van der Waals surface area (Å²) in [5, 5.41) is 0. The first-order valence-corrected chi connectivity index (χ1v) is 5.44. The summed E-state index contributed by atoms with van der Waals surface area (Å²) in [6.45, 7) is 16.1. The fourth-order valence-electron chi connectivity index (χ4n) is 1.32. The molecule has 1 heteroatoms. The van der Waals surface area contributed by atoms with Gasteiger partial charge in [0.05, 0.1) is 0 Å².